The highest BCUT2D eigenvalue weighted by atomic mass is 32.1. The first-order valence-corrected chi connectivity index (χ1v) is 8.96. The van der Waals surface area contributed by atoms with E-state index in [9.17, 15) is 4.79 Å². The highest BCUT2D eigenvalue weighted by molar-refractivity contribution is 7.09. The zero-order chi connectivity index (χ0) is 18.4. The molecule has 0 saturated carbocycles. The lowest BCUT2D eigenvalue weighted by Gasteiger charge is -2.15. The summed E-state index contributed by atoms with van der Waals surface area (Å²) < 4.78 is 16.7. The molecule has 3 rings (SSSR count). The molecule has 0 spiro atoms. The minimum atomic E-state index is 0.0913. The lowest BCUT2D eigenvalue weighted by molar-refractivity contribution is -0.117. The molecule has 0 amide bonds. The number of methoxy groups -OCH3 is 2. The number of nitrogens with zero attached hydrogens (tertiary/aromatic N) is 1. The van der Waals surface area contributed by atoms with Crippen LogP contribution in [0.25, 0.3) is 0 Å². The van der Waals surface area contributed by atoms with Crippen molar-refractivity contribution < 1.29 is 19.0 Å². The van der Waals surface area contributed by atoms with Crippen LogP contribution in [0.1, 0.15) is 10.6 Å². The van der Waals surface area contributed by atoms with Gasteiger partial charge in [-0.3, -0.25) is 4.79 Å². The van der Waals surface area contributed by atoms with E-state index in [2.05, 4.69) is 4.98 Å². The molecular weight excluding hydrogens is 350 g/mol. The van der Waals surface area contributed by atoms with Crippen LogP contribution in [0, 0.1) is 0 Å². The maximum absolute atomic E-state index is 12.4. The number of aromatic nitrogens is 1. The second-order valence-electron chi connectivity index (χ2n) is 5.52. The molecule has 0 saturated heterocycles. The Kier molecular flexibility index (Phi) is 5.86. The average Bonchev–Trinajstić information content (AvgIpc) is 3.16. The number of carbonyl (C=O) groups excluding carboxylic acids is 1. The van der Waals surface area contributed by atoms with Crippen LogP contribution in [-0.4, -0.2) is 25.0 Å². The second kappa shape index (κ2) is 8.49. The Bertz CT molecular complexity index is 877. The van der Waals surface area contributed by atoms with E-state index in [1.165, 1.54) is 11.3 Å². The smallest absolute Gasteiger partial charge is 0.203 e. The van der Waals surface area contributed by atoms with Crippen molar-refractivity contribution in [1.82, 2.24) is 4.98 Å². The van der Waals surface area contributed by atoms with E-state index in [1.54, 1.807) is 32.5 Å². The van der Waals surface area contributed by atoms with Crippen molar-refractivity contribution in [3.8, 4) is 23.0 Å². The third kappa shape index (κ3) is 4.21. The summed E-state index contributed by atoms with van der Waals surface area (Å²) in [5.41, 5.74) is 0.818. The van der Waals surface area contributed by atoms with Gasteiger partial charge < -0.3 is 14.2 Å². The summed E-state index contributed by atoms with van der Waals surface area (Å²) in [6, 6.07) is 12.9. The van der Waals surface area contributed by atoms with Crippen molar-refractivity contribution in [3.05, 3.63) is 64.6 Å². The molecule has 2 aromatic carbocycles. The molecule has 0 fully saturated rings. The van der Waals surface area contributed by atoms with Crippen LogP contribution in [0.15, 0.2) is 54.0 Å². The van der Waals surface area contributed by atoms with E-state index >= 15 is 0 Å². The van der Waals surface area contributed by atoms with Gasteiger partial charge in [-0.15, -0.1) is 11.3 Å². The van der Waals surface area contributed by atoms with Gasteiger partial charge in [0.25, 0.3) is 0 Å². The number of thiazole rings is 1. The maximum Gasteiger partial charge on any atom is 0.203 e. The predicted octanol–water partition coefficient (Wildman–Crippen LogP) is 4.31. The fraction of sp³-hybridized carbons (Fsp3) is 0.200. The Balaban J connectivity index is 1.80. The topological polar surface area (TPSA) is 57.7 Å². The van der Waals surface area contributed by atoms with Gasteiger partial charge in [-0.1, -0.05) is 24.3 Å². The maximum atomic E-state index is 12.4. The van der Waals surface area contributed by atoms with E-state index in [1.807, 2.05) is 35.7 Å². The fourth-order valence-corrected chi connectivity index (χ4v) is 3.23. The normalized spacial score (nSPS) is 10.4. The van der Waals surface area contributed by atoms with Crippen LogP contribution in [0.5, 0.6) is 23.0 Å². The standard InChI is InChI=1S/C20H19NO4S/c1-23-17-8-5-9-18(20(17)24-2)25-16-7-4-3-6-14(16)12-15(22)13-19-21-10-11-26-19/h3-11H,12-13H2,1-2H3. The summed E-state index contributed by atoms with van der Waals surface area (Å²) in [6.45, 7) is 0. The van der Waals surface area contributed by atoms with E-state index in [0.717, 1.165) is 10.6 Å². The molecule has 26 heavy (non-hydrogen) atoms. The summed E-state index contributed by atoms with van der Waals surface area (Å²) in [6.07, 6.45) is 2.32. The van der Waals surface area contributed by atoms with E-state index in [4.69, 9.17) is 14.2 Å². The van der Waals surface area contributed by atoms with Gasteiger partial charge in [-0.25, -0.2) is 4.98 Å². The number of carbonyl (C=O) groups is 1. The van der Waals surface area contributed by atoms with Crippen LogP contribution in [-0.2, 0) is 17.6 Å². The number of hydrogen-bond donors (Lipinski definition) is 0. The Labute approximate surface area is 156 Å². The Morgan fingerprint density at radius 1 is 0.962 bits per heavy atom. The zero-order valence-corrected chi connectivity index (χ0v) is 15.4. The molecule has 0 unspecified atom stereocenters. The lowest BCUT2D eigenvalue weighted by atomic mass is 10.1. The molecule has 0 N–H and O–H groups in total. The molecule has 1 heterocycles. The van der Waals surface area contributed by atoms with Crippen molar-refractivity contribution in [2.45, 2.75) is 12.8 Å². The first-order valence-electron chi connectivity index (χ1n) is 8.08. The van der Waals surface area contributed by atoms with Gasteiger partial charge in [0.05, 0.1) is 25.6 Å². The van der Waals surface area contributed by atoms with Crippen molar-refractivity contribution in [2.75, 3.05) is 14.2 Å². The molecule has 0 aliphatic carbocycles. The summed E-state index contributed by atoms with van der Waals surface area (Å²) >= 11 is 1.48. The Morgan fingerprint density at radius 3 is 2.46 bits per heavy atom. The Morgan fingerprint density at radius 2 is 1.73 bits per heavy atom. The first-order chi connectivity index (χ1) is 12.7. The van der Waals surface area contributed by atoms with Crippen LogP contribution < -0.4 is 14.2 Å². The highest BCUT2D eigenvalue weighted by Gasteiger charge is 2.15. The van der Waals surface area contributed by atoms with Gasteiger partial charge in [0, 0.05) is 23.6 Å². The monoisotopic (exact) mass is 369 g/mol. The number of Topliss-reactive ketones (excluding diaryl/α,β-unsaturated/α-hetero) is 1. The SMILES string of the molecule is COc1cccc(Oc2ccccc2CC(=O)Cc2nccs2)c1OC. The number of benzene rings is 2. The van der Waals surface area contributed by atoms with Crippen molar-refractivity contribution in [3.63, 3.8) is 0 Å². The number of rotatable bonds is 8. The van der Waals surface area contributed by atoms with Gasteiger partial charge >= 0.3 is 0 Å². The number of hydrogen-bond acceptors (Lipinski definition) is 6. The van der Waals surface area contributed by atoms with Gasteiger partial charge in [0.15, 0.2) is 11.5 Å². The van der Waals surface area contributed by atoms with Crippen LogP contribution in [0.4, 0.5) is 0 Å². The second-order valence-corrected chi connectivity index (χ2v) is 6.50. The minimum Gasteiger partial charge on any atom is -0.493 e. The van der Waals surface area contributed by atoms with Gasteiger partial charge in [0.2, 0.25) is 5.75 Å². The predicted molar refractivity (Wildman–Crippen MR) is 101 cm³/mol. The summed E-state index contributed by atoms with van der Waals surface area (Å²) in [5.74, 6) is 2.34. The molecule has 0 aliphatic rings. The molecule has 134 valence electrons. The number of ether oxygens (including phenoxy) is 3. The fourth-order valence-electron chi connectivity index (χ4n) is 2.59. The molecular formula is C20H19NO4S. The van der Waals surface area contributed by atoms with E-state index in [0.29, 0.717) is 29.4 Å². The molecule has 0 bridgehead atoms. The van der Waals surface area contributed by atoms with Gasteiger partial charge in [0.1, 0.15) is 11.5 Å². The quantitative estimate of drug-likeness (QED) is 0.592. The third-order valence-corrected chi connectivity index (χ3v) is 4.56. The van der Waals surface area contributed by atoms with E-state index in [-0.39, 0.29) is 12.2 Å². The van der Waals surface area contributed by atoms with Crippen molar-refractivity contribution in [2.24, 2.45) is 0 Å². The largest absolute Gasteiger partial charge is 0.493 e. The average molecular weight is 369 g/mol. The van der Waals surface area contributed by atoms with Gasteiger partial charge in [-0.05, 0) is 18.2 Å². The Hall–Kier alpha value is -2.86. The highest BCUT2D eigenvalue weighted by Crippen LogP contribution is 2.39. The first kappa shape index (κ1) is 17.9. The van der Waals surface area contributed by atoms with Gasteiger partial charge in [-0.2, -0.15) is 0 Å². The lowest BCUT2D eigenvalue weighted by Crippen LogP contribution is -2.07. The molecule has 1 aromatic heterocycles. The third-order valence-electron chi connectivity index (χ3n) is 3.78. The summed E-state index contributed by atoms with van der Waals surface area (Å²) in [5, 5.41) is 2.69. The van der Waals surface area contributed by atoms with Crippen LogP contribution in [0.3, 0.4) is 0 Å². The molecule has 6 heteroatoms. The van der Waals surface area contributed by atoms with Crippen LogP contribution in [0.2, 0.25) is 0 Å². The van der Waals surface area contributed by atoms with Crippen LogP contribution >= 0.6 is 11.3 Å². The van der Waals surface area contributed by atoms with E-state index < -0.39 is 0 Å². The summed E-state index contributed by atoms with van der Waals surface area (Å²) in [7, 11) is 3.14. The molecule has 3 aromatic rings. The molecule has 0 aliphatic heterocycles. The van der Waals surface area contributed by atoms with Crippen molar-refractivity contribution in [1.29, 1.82) is 0 Å². The molecule has 0 radical (unpaired) electrons. The van der Waals surface area contributed by atoms with Crippen molar-refractivity contribution >= 4 is 17.1 Å². The molecule has 5 nitrogen and oxygen atoms in total. The zero-order valence-electron chi connectivity index (χ0n) is 14.6. The number of ketones is 1. The molecule has 0 atom stereocenters. The minimum absolute atomic E-state index is 0.0913. The summed E-state index contributed by atoms with van der Waals surface area (Å²) in [4.78, 5) is 16.5. The number of para-hydroxylation sites is 2.